The van der Waals surface area contributed by atoms with Crippen molar-refractivity contribution >= 4 is 21.8 Å². The van der Waals surface area contributed by atoms with Gasteiger partial charge in [-0.25, -0.2) is 4.98 Å². The molecule has 1 aliphatic heterocycles. The van der Waals surface area contributed by atoms with E-state index in [0.29, 0.717) is 17.4 Å². The van der Waals surface area contributed by atoms with Crippen LogP contribution in [0.15, 0.2) is 18.3 Å². The normalized spacial score (nSPS) is 23.2. The molecule has 1 aromatic rings. The molecule has 0 bridgehead atoms. The number of pyridine rings is 1. The lowest BCUT2D eigenvalue weighted by Gasteiger charge is -2.25. The molecule has 5 heteroatoms. The number of hydrogen-bond donors (Lipinski definition) is 0. The highest BCUT2D eigenvalue weighted by molar-refractivity contribution is 9.09. The maximum Gasteiger partial charge on any atom is 0.259 e. The first-order valence-corrected chi connectivity index (χ1v) is 7.17. The third-order valence-electron chi connectivity index (χ3n) is 3.50. The number of nitrogens with zero attached hydrogens (tertiary/aromatic N) is 2. The molecule has 0 radical (unpaired) electrons. The Morgan fingerprint density at radius 2 is 2.44 bits per heavy atom. The first kappa shape index (κ1) is 13.3. The Morgan fingerprint density at radius 1 is 1.67 bits per heavy atom. The van der Waals surface area contributed by atoms with Gasteiger partial charge in [0, 0.05) is 24.1 Å². The molecule has 1 saturated heterocycles. The number of amides is 1. The molecule has 2 unspecified atom stereocenters. The van der Waals surface area contributed by atoms with E-state index in [4.69, 9.17) is 4.74 Å². The number of carbonyl (C=O) groups excluding carboxylic acids is 1. The summed E-state index contributed by atoms with van der Waals surface area (Å²) in [4.78, 5) is 18.5. The standard InChI is InChI=1S/C13H17BrN2O2/c1-9-5-7-16(11(9)8-14)13(17)10-4-3-6-15-12(10)18-2/h3-4,6,9,11H,5,7-8H2,1-2H3. The SMILES string of the molecule is COc1ncccc1C(=O)N1CCC(C)C1CBr. The zero-order chi connectivity index (χ0) is 13.1. The molecular formula is C13H17BrN2O2. The van der Waals surface area contributed by atoms with E-state index in [0.717, 1.165) is 18.3 Å². The molecular weight excluding hydrogens is 296 g/mol. The van der Waals surface area contributed by atoms with Crippen molar-refractivity contribution in [3.05, 3.63) is 23.9 Å². The molecule has 2 heterocycles. The second kappa shape index (κ2) is 5.69. The molecule has 2 rings (SSSR count). The van der Waals surface area contributed by atoms with Crippen molar-refractivity contribution in [2.75, 3.05) is 19.0 Å². The minimum Gasteiger partial charge on any atom is -0.480 e. The molecule has 0 saturated carbocycles. The maximum absolute atomic E-state index is 12.5. The Hall–Kier alpha value is -1.10. The van der Waals surface area contributed by atoms with Crippen LogP contribution in [0.2, 0.25) is 0 Å². The van der Waals surface area contributed by atoms with Crippen LogP contribution in [0.4, 0.5) is 0 Å². The average molecular weight is 313 g/mol. The summed E-state index contributed by atoms with van der Waals surface area (Å²) < 4.78 is 5.15. The summed E-state index contributed by atoms with van der Waals surface area (Å²) in [7, 11) is 1.54. The van der Waals surface area contributed by atoms with Gasteiger partial charge in [0.15, 0.2) is 0 Å². The third kappa shape index (κ3) is 2.36. The minimum atomic E-state index is 0.00810. The molecule has 0 aromatic carbocycles. The van der Waals surface area contributed by atoms with Crippen molar-refractivity contribution in [3.8, 4) is 5.88 Å². The first-order chi connectivity index (χ1) is 8.69. The number of halogens is 1. The van der Waals surface area contributed by atoms with Gasteiger partial charge < -0.3 is 9.64 Å². The maximum atomic E-state index is 12.5. The van der Waals surface area contributed by atoms with E-state index in [1.54, 1.807) is 18.3 Å². The molecule has 4 nitrogen and oxygen atoms in total. The molecule has 0 spiro atoms. The van der Waals surface area contributed by atoms with E-state index in [1.165, 1.54) is 7.11 Å². The smallest absolute Gasteiger partial charge is 0.259 e. The van der Waals surface area contributed by atoms with Crippen LogP contribution in [0.25, 0.3) is 0 Å². The topological polar surface area (TPSA) is 42.4 Å². The second-order valence-electron chi connectivity index (χ2n) is 4.55. The fourth-order valence-electron chi connectivity index (χ4n) is 2.37. The van der Waals surface area contributed by atoms with E-state index in [2.05, 4.69) is 27.8 Å². The Labute approximate surface area is 115 Å². The molecule has 1 aliphatic rings. The highest BCUT2D eigenvalue weighted by Gasteiger charge is 2.35. The Kier molecular flexibility index (Phi) is 4.22. The van der Waals surface area contributed by atoms with E-state index in [1.807, 2.05) is 4.90 Å². The number of rotatable bonds is 3. The van der Waals surface area contributed by atoms with Crippen molar-refractivity contribution in [2.24, 2.45) is 5.92 Å². The van der Waals surface area contributed by atoms with E-state index in [9.17, 15) is 4.79 Å². The quantitative estimate of drug-likeness (QED) is 0.805. The highest BCUT2D eigenvalue weighted by Crippen LogP contribution is 2.28. The first-order valence-electron chi connectivity index (χ1n) is 6.05. The van der Waals surface area contributed by atoms with Crippen LogP contribution in [0, 0.1) is 5.92 Å². The summed E-state index contributed by atoms with van der Waals surface area (Å²) >= 11 is 3.49. The van der Waals surface area contributed by atoms with Crippen molar-refractivity contribution in [3.63, 3.8) is 0 Å². The van der Waals surface area contributed by atoms with Crippen molar-refractivity contribution in [2.45, 2.75) is 19.4 Å². The molecule has 98 valence electrons. The highest BCUT2D eigenvalue weighted by atomic mass is 79.9. The number of aromatic nitrogens is 1. The number of methoxy groups -OCH3 is 1. The van der Waals surface area contributed by atoms with Crippen LogP contribution in [-0.4, -0.2) is 40.8 Å². The molecule has 0 aliphatic carbocycles. The van der Waals surface area contributed by atoms with Crippen LogP contribution < -0.4 is 4.74 Å². The van der Waals surface area contributed by atoms with Gasteiger partial charge in [-0.1, -0.05) is 22.9 Å². The largest absolute Gasteiger partial charge is 0.480 e. The third-order valence-corrected chi connectivity index (χ3v) is 4.16. The van der Waals surface area contributed by atoms with Gasteiger partial charge >= 0.3 is 0 Å². The minimum absolute atomic E-state index is 0.00810. The average Bonchev–Trinajstić information content (AvgIpc) is 2.78. The summed E-state index contributed by atoms with van der Waals surface area (Å²) in [6.07, 6.45) is 2.68. The molecule has 1 aromatic heterocycles. The lowest BCUT2D eigenvalue weighted by molar-refractivity contribution is 0.0734. The van der Waals surface area contributed by atoms with Gasteiger partial charge in [-0.3, -0.25) is 4.79 Å². The van der Waals surface area contributed by atoms with Gasteiger partial charge in [0.1, 0.15) is 5.56 Å². The predicted molar refractivity (Wildman–Crippen MR) is 73.2 cm³/mol. The Morgan fingerprint density at radius 3 is 3.11 bits per heavy atom. The summed E-state index contributed by atoms with van der Waals surface area (Å²) in [5.41, 5.74) is 0.542. The zero-order valence-electron chi connectivity index (χ0n) is 10.6. The molecule has 1 amide bonds. The number of carbonyl (C=O) groups is 1. The summed E-state index contributed by atoms with van der Waals surface area (Å²) in [6, 6.07) is 3.78. The van der Waals surface area contributed by atoms with Crippen LogP contribution in [0.5, 0.6) is 5.88 Å². The van der Waals surface area contributed by atoms with Gasteiger partial charge in [0.2, 0.25) is 5.88 Å². The molecule has 18 heavy (non-hydrogen) atoms. The van der Waals surface area contributed by atoms with Crippen LogP contribution in [-0.2, 0) is 0 Å². The lowest BCUT2D eigenvalue weighted by atomic mass is 10.0. The molecule has 0 N–H and O–H groups in total. The number of alkyl halides is 1. The number of hydrogen-bond acceptors (Lipinski definition) is 3. The fraction of sp³-hybridized carbons (Fsp3) is 0.538. The van der Waals surface area contributed by atoms with Crippen LogP contribution in [0.3, 0.4) is 0 Å². The second-order valence-corrected chi connectivity index (χ2v) is 5.19. The number of likely N-dealkylation sites (tertiary alicyclic amines) is 1. The predicted octanol–water partition coefficient (Wildman–Crippen LogP) is 2.34. The van der Waals surface area contributed by atoms with Gasteiger partial charge in [0.25, 0.3) is 5.91 Å². The monoisotopic (exact) mass is 312 g/mol. The lowest BCUT2D eigenvalue weighted by Crippen LogP contribution is -2.38. The van der Waals surface area contributed by atoms with Crippen molar-refractivity contribution < 1.29 is 9.53 Å². The van der Waals surface area contributed by atoms with E-state index < -0.39 is 0 Å². The van der Waals surface area contributed by atoms with Gasteiger partial charge in [-0.05, 0) is 24.5 Å². The fourth-order valence-corrected chi connectivity index (χ4v) is 3.35. The summed E-state index contributed by atoms with van der Waals surface area (Å²) in [5.74, 6) is 0.931. The molecule has 2 atom stereocenters. The van der Waals surface area contributed by atoms with Crippen molar-refractivity contribution in [1.82, 2.24) is 9.88 Å². The summed E-state index contributed by atoms with van der Waals surface area (Å²) in [5, 5.41) is 0.808. The van der Waals surface area contributed by atoms with E-state index in [-0.39, 0.29) is 11.9 Å². The zero-order valence-corrected chi connectivity index (χ0v) is 12.2. The number of ether oxygens (including phenoxy) is 1. The van der Waals surface area contributed by atoms with Crippen molar-refractivity contribution in [1.29, 1.82) is 0 Å². The van der Waals surface area contributed by atoms with Crippen LogP contribution >= 0.6 is 15.9 Å². The Bertz CT molecular complexity index is 439. The Balaban J connectivity index is 2.26. The van der Waals surface area contributed by atoms with Gasteiger partial charge in [-0.15, -0.1) is 0 Å². The molecule has 1 fully saturated rings. The van der Waals surface area contributed by atoms with Crippen LogP contribution in [0.1, 0.15) is 23.7 Å². The van der Waals surface area contributed by atoms with Gasteiger partial charge in [0.05, 0.1) is 7.11 Å². The summed E-state index contributed by atoms with van der Waals surface area (Å²) in [6.45, 7) is 2.98. The van der Waals surface area contributed by atoms with E-state index >= 15 is 0 Å². The van der Waals surface area contributed by atoms with Gasteiger partial charge in [-0.2, -0.15) is 0 Å².